The van der Waals surface area contributed by atoms with Gasteiger partial charge in [-0.2, -0.15) is 10.1 Å². The molecular formula is C21H21N5O3. The molecule has 0 spiro atoms. The Morgan fingerprint density at radius 1 is 1.14 bits per heavy atom. The summed E-state index contributed by atoms with van der Waals surface area (Å²) in [5, 5.41) is 10.5. The molecule has 148 valence electrons. The van der Waals surface area contributed by atoms with Gasteiger partial charge in [0.15, 0.2) is 0 Å². The maximum absolute atomic E-state index is 13.3. The van der Waals surface area contributed by atoms with Gasteiger partial charge < -0.3 is 20.1 Å². The second-order valence-electron chi connectivity index (χ2n) is 6.52. The molecule has 1 aliphatic rings. The predicted molar refractivity (Wildman–Crippen MR) is 109 cm³/mol. The first-order valence-corrected chi connectivity index (χ1v) is 9.08. The molecule has 0 fully saturated rings. The van der Waals surface area contributed by atoms with Gasteiger partial charge in [0.25, 0.3) is 5.91 Å². The van der Waals surface area contributed by atoms with E-state index in [4.69, 9.17) is 9.47 Å². The van der Waals surface area contributed by atoms with Crippen LogP contribution in [0.3, 0.4) is 0 Å². The van der Waals surface area contributed by atoms with E-state index in [0.29, 0.717) is 34.4 Å². The molecule has 1 atom stereocenters. The molecule has 0 radical (unpaired) electrons. The average Bonchev–Trinajstić information content (AvgIpc) is 3.21. The predicted octanol–water partition coefficient (Wildman–Crippen LogP) is 3.22. The van der Waals surface area contributed by atoms with Crippen LogP contribution in [0.25, 0.3) is 0 Å². The highest BCUT2D eigenvalue weighted by Gasteiger charge is 2.35. The number of nitrogens with zero attached hydrogens (tertiary/aromatic N) is 3. The molecule has 29 heavy (non-hydrogen) atoms. The fourth-order valence-electron chi connectivity index (χ4n) is 3.44. The zero-order valence-corrected chi connectivity index (χ0v) is 16.3. The lowest BCUT2D eigenvalue weighted by atomic mass is 9.94. The minimum Gasteiger partial charge on any atom is -0.497 e. The molecule has 1 amide bonds. The number of benzene rings is 2. The summed E-state index contributed by atoms with van der Waals surface area (Å²) in [5.74, 6) is 1.58. The third kappa shape index (κ3) is 3.40. The first-order chi connectivity index (χ1) is 14.1. The molecule has 2 aromatic carbocycles. The van der Waals surface area contributed by atoms with Crippen molar-refractivity contribution in [1.82, 2.24) is 14.8 Å². The first-order valence-electron chi connectivity index (χ1n) is 9.08. The third-order valence-electron chi connectivity index (χ3n) is 4.81. The number of nitrogens with one attached hydrogen (secondary N) is 2. The van der Waals surface area contributed by atoms with Crippen molar-refractivity contribution in [3.63, 3.8) is 0 Å². The number of anilines is 2. The number of carbonyl (C=O) groups excluding carboxylic acids is 1. The molecule has 8 heteroatoms. The minimum atomic E-state index is -0.515. The quantitative estimate of drug-likeness (QED) is 0.694. The number of para-hydroxylation sites is 1. The van der Waals surface area contributed by atoms with Crippen LogP contribution in [-0.2, 0) is 4.79 Å². The zero-order valence-electron chi connectivity index (χ0n) is 16.3. The van der Waals surface area contributed by atoms with Crippen LogP contribution in [0.5, 0.6) is 11.5 Å². The number of carbonyl (C=O) groups is 1. The second-order valence-corrected chi connectivity index (χ2v) is 6.52. The summed E-state index contributed by atoms with van der Waals surface area (Å²) >= 11 is 0. The molecule has 0 saturated carbocycles. The number of aromatic nitrogens is 3. The zero-order chi connectivity index (χ0) is 20.4. The maximum Gasteiger partial charge on any atom is 0.255 e. The maximum atomic E-state index is 13.3. The monoisotopic (exact) mass is 391 g/mol. The van der Waals surface area contributed by atoms with Crippen LogP contribution < -0.4 is 20.1 Å². The summed E-state index contributed by atoms with van der Waals surface area (Å²) in [6.45, 7) is 1.85. The van der Waals surface area contributed by atoms with Gasteiger partial charge in [0.05, 0.1) is 19.8 Å². The molecule has 0 bridgehead atoms. The lowest BCUT2D eigenvalue weighted by Crippen LogP contribution is -2.31. The number of hydrogen-bond acceptors (Lipinski definition) is 6. The van der Waals surface area contributed by atoms with Crippen molar-refractivity contribution in [3.8, 4) is 11.5 Å². The Morgan fingerprint density at radius 2 is 1.93 bits per heavy atom. The van der Waals surface area contributed by atoms with Gasteiger partial charge in [0.1, 0.15) is 23.9 Å². The Kier molecular flexibility index (Phi) is 4.90. The largest absolute Gasteiger partial charge is 0.497 e. The van der Waals surface area contributed by atoms with Crippen LogP contribution in [-0.4, -0.2) is 34.9 Å². The highest BCUT2D eigenvalue weighted by Crippen LogP contribution is 2.40. The molecule has 1 aromatic heterocycles. The molecule has 2 heterocycles. The number of allylic oxidation sites excluding steroid dienone is 1. The summed E-state index contributed by atoms with van der Waals surface area (Å²) in [6, 6.07) is 14.3. The SMILES string of the molecule is COc1ccc([C@@H]2C(C(=O)Nc3ccccc3)=C(C)Nc3ncnn32)c(OC)c1. The average molecular weight is 391 g/mol. The van der Waals surface area contributed by atoms with E-state index >= 15 is 0 Å². The van der Waals surface area contributed by atoms with E-state index in [0.717, 1.165) is 5.56 Å². The van der Waals surface area contributed by atoms with Gasteiger partial charge in [0, 0.05) is 23.0 Å². The van der Waals surface area contributed by atoms with Crippen LogP contribution in [0.15, 0.2) is 66.1 Å². The van der Waals surface area contributed by atoms with Crippen molar-refractivity contribution in [3.05, 3.63) is 71.7 Å². The van der Waals surface area contributed by atoms with Gasteiger partial charge >= 0.3 is 0 Å². The highest BCUT2D eigenvalue weighted by molar-refractivity contribution is 6.06. The van der Waals surface area contributed by atoms with Crippen LogP contribution in [0.1, 0.15) is 18.5 Å². The van der Waals surface area contributed by atoms with Crippen molar-refractivity contribution in [2.45, 2.75) is 13.0 Å². The lowest BCUT2D eigenvalue weighted by molar-refractivity contribution is -0.113. The molecule has 8 nitrogen and oxygen atoms in total. The van der Waals surface area contributed by atoms with E-state index in [1.165, 1.54) is 6.33 Å². The van der Waals surface area contributed by atoms with Gasteiger partial charge in [-0.1, -0.05) is 18.2 Å². The fourth-order valence-corrected chi connectivity index (χ4v) is 3.44. The van der Waals surface area contributed by atoms with Gasteiger partial charge in [-0.3, -0.25) is 4.79 Å². The molecule has 3 aromatic rings. The second kappa shape index (κ2) is 7.67. The van der Waals surface area contributed by atoms with E-state index in [1.54, 1.807) is 25.0 Å². The van der Waals surface area contributed by atoms with Gasteiger partial charge in [-0.25, -0.2) is 4.68 Å². The fraction of sp³-hybridized carbons (Fsp3) is 0.190. The summed E-state index contributed by atoms with van der Waals surface area (Å²) in [5.41, 5.74) is 2.71. The van der Waals surface area contributed by atoms with E-state index in [2.05, 4.69) is 20.7 Å². The number of fused-ring (bicyclic) bond motifs is 1. The number of ether oxygens (including phenoxy) is 2. The Hall–Kier alpha value is -3.81. The van der Waals surface area contributed by atoms with E-state index in [9.17, 15) is 4.79 Å². The van der Waals surface area contributed by atoms with Crippen LogP contribution >= 0.6 is 0 Å². The molecule has 2 N–H and O–H groups in total. The minimum absolute atomic E-state index is 0.231. The number of hydrogen-bond donors (Lipinski definition) is 2. The molecule has 1 aliphatic heterocycles. The Balaban J connectivity index is 1.82. The number of rotatable bonds is 5. The summed E-state index contributed by atoms with van der Waals surface area (Å²) < 4.78 is 12.6. The van der Waals surface area contributed by atoms with E-state index in [1.807, 2.05) is 49.4 Å². The smallest absolute Gasteiger partial charge is 0.255 e. The Labute approximate surface area is 168 Å². The Bertz CT molecular complexity index is 1070. The standard InChI is InChI=1S/C21H21N5O3/c1-13-18(20(27)25-14-7-5-4-6-8-14)19(26-21(24-13)22-12-23-26)16-10-9-15(28-2)11-17(16)29-3/h4-12,19H,1-3H3,(H,25,27)(H,22,23,24)/t19-/m1/s1. The number of amides is 1. The topological polar surface area (TPSA) is 90.3 Å². The van der Waals surface area contributed by atoms with Crippen molar-refractivity contribution in [2.75, 3.05) is 24.9 Å². The first kappa shape index (κ1) is 18.5. The molecule has 4 rings (SSSR count). The van der Waals surface area contributed by atoms with Gasteiger partial charge in [-0.15, -0.1) is 0 Å². The third-order valence-corrected chi connectivity index (χ3v) is 4.81. The van der Waals surface area contributed by atoms with E-state index in [-0.39, 0.29) is 5.91 Å². The van der Waals surface area contributed by atoms with E-state index < -0.39 is 6.04 Å². The molecule has 0 saturated heterocycles. The molecular weight excluding hydrogens is 370 g/mol. The van der Waals surface area contributed by atoms with Gasteiger partial charge in [0.2, 0.25) is 5.95 Å². The number of methoxy groups -OCH3 is 2. The highest BCUT2D eigenvalue weighted by atomic mass is 16.5. The normalized spacial score (nSPS) is 15.3. The van der Waals surface area contributed by atoms with Crippen molar-refractivity contribution in [1.29, 1.82) is 0 Å². The van der Waals surface area contributed by atoms with Crippen LogP contribution in [0.2, 0.25) is 0 Å². The van der Waals surface area contributed by atoms with Crippen molar-refractivity contribution < 1.29 is 14.3 Å². The lowest BCUT2D eigenvalue weighted by Gasteiger charge is -2.29. The Morgan fingerprint density at radius 3 is 2.66 bits per heavy atom. The van der Waals surface area contributed by atoms with Crippen LogP contribution in [0, 0.1) is 0 Å². The molecule has 0 unspecified atom stereocenters. The van der Waals surface area contributed by atoms with Crippen molar-refractivity contribution >= 4 is 17.5 Å². The van der Waals surface area contributed by atoms with Crippen LogP contribution in [0.4, 0.5) is 11.6 Å². The summed E-state index contributed by atoms with van der Waals surface area (Å²) in [7, 11) is 3.18. The summed E-state index contributed by atoms with van der Waals surface area (Å²) in [6.07, 6.45) is 1.46. The molecule has 0 aliphatic carbocycles. The van der Waals surface area contributed by atoms with Crippen molar-refractivity contribution in [2.24, 2.45) is 0 Å². The van der Waals surface area contributed by atoms with Gasteiger partial charge in [-0.05, 0) is 31.2 Å². The summed E-state index contributed by atoms with van der Waals surface area (Å²) in [4.78, 5) is 17.5.